The van der Waals surface area contributed by atoms with Crippen molar-refractivity contribution in [3.8, 4) is 5.69 Å². The molecule has 2 amide bonds. The fourth-order valence-corrected chi connectivity index (χ4v) is 4.68. The highest BCUT2D eigenvalue weighted by molar-refractivity contribution is 6.14. The zero-order valence-electron chi connectivity index (χ0n) is 21.4. The third-order valence-corrected chi connectivity index (χ3v) is 6.86. The molecule has 1 aromatic carbocycles. The van der Waals surface area contributed by atoms with Gasteiger partial charge in [0.1, 0.15) is 0 Å². The van der Waals surface area contributed by atoms with E-state index < -0.39 is 0 Å². The van der Waals surface area contributed by atoms with Crippen LogP contribution in [-0.4, -0.2) is 42.4 Å². The average Bonchev–Trinajstić information content (AvgIpc) is 3.83. The smallest absolute Gasteiger partial charge is 0.274 e. The number of anilines is 1. The van der Waals surface area contributed by atoms with Crippen molar-refractivity contribution in [1.29, 1.82) is 0 Å². The molecule has 2 saturated carbocycles. The first-order valence-electron chi connectivity index (χ1n) is 13.1. The second kappa shape index (κ2) is 9.14. The fraction of sp³-hybridized carbons (Fsp3) is 0.393. The van der Waals surface area contributed by atoms with Crippen LogP contribution in [0.15, 0.2) is 42.6 Å². The molecule has 3 aromatic heterocycles. The summed E-state index contributed by atoms with van der Waals surface area (Å²) in [5, 5.41) is 16.1. The van der Waals surface area contributed by atoms with Crippen molar-refractivity contribution < 1.29 is 9.59 Å². The molecule has 190 valence electrons. The molecule has 0 unspecified atom stereocenters. The van der Waals surface area contributed by atoms with Gasteiger partial charge < -0.3 is 10.6 Å². The molecule has 2 N–H and O–H groups in total. The minimum Gasteiger partial charge on any atom is -0.348 e. The van der Waals surface area contributed by atoms with Crippen LogP contribution >= 0.6 is 0 Å². The van der Waals surface area contributed by atoms with Crippen LogP contribution in [0.4, 0.5) is 5.69 Å². The Morgan fingerprint density at radius 1 is 1.03 bits per heavy atom. The number of fused-ring (bicyclic) bond motifs is 1. The predicted molar refractivity (Wildman–Crippen MR) is 141 cm³/mol. The van der Waals surface area contributed by atoms with Gasteiger partial charge in [0, 0.05) is 36.3 Å². The summed E-state index contributed by atoms with van der Waals surface area (Å²) in [5.74, 6) is 0.0853. The van der Waals surface area contributed by atoms with E-state index >= 15 is 0 Å². The van der Waals surface area contributed by atoms with Gasteiger partial charge in [-0.2, -0.15) is 10.2 Å². The van der Waals surface area contributed by atoms with Crippen LogP contribution in [0.5, 0.6) is 0 Å². The number of rotatable bonds is 8. The lowest BCUT2D eigenvalue weighted by atomic mass is 10.0. The molecular formula is C28H31N7O2. The highest BCUT2D eigenvalue weighted by atomic mass is 16.2. The maximum Gasteiger partial charge on any atom is 0.274 e. The third kappa shape index (κ3) is 4.50. The van der Waals surface area contributed by atoms with Crippen LogP contribution < -0.4 is 10.6 Å². The number of aryl methyl sites for hydroxylation is 1. The van der Waals surface area contributed by atoms with Gasteiger partial charge in [-0.3, -0.25) is 14.3 Å². The van der Waals surface area contributed by atoms with Crippen molar-refractivity contribution in [2.45, 2.75) is 70.9 Å². The highest BCUT2D eigenvalue weighted by Crippen LogP contribution is 2.45. The Labute approximate surface area is 215 Å². The zero-order valence-corrected chi connectivity index (χ0v) is 21.4. The maximum atomic E-state index is 13.9. The number of nitrogens with one attached hydrogen (secondary N) is 2. The minimum absolute atomic E-state index is 0.0475. The summed E-state index contributed by atoms with van der Waals surface area (Å²) in [6.45, 7) is 6.31. The van der Waals surface area contributed by atoms with E-state index in [1.165, 1.54) is 0 Å². The largest absolute Gasteiger partial charge is 0.348 e. The van der Waals surface area contributed by atoms with Crippen LogP contribution in [0.2, 0.25) is 0 Å². The lowest BCUT2D eigenvalue weighted by molar-refractivity contribution is 0.0938. The minimum atomic E-state index is -0.313. The Bertz CT molecular complexity index is 1490. The van der Waals surface area contributed by atoms with Crippen molar-refractivity contribution in [2.75, 3.05) is 5.32 Å². The Kier molecular flexibility index (Phi) is 5.78. The maximum absolute atomic E-state index is 13.9. The van der Waals surface area contributed by atoms with Gasteiger partial charge in [-0.05, 0) is 64.7 Å². The van der Waals surface area contributed by atoms with Crippen molar-refractivity contribution in [2.24, 2.45) is 0 Å². The van der Waals surface area contributed by atoms with Gasteiger partial charge in [0.05, 0.1) is 28.0 Å². The molecule has 6 rings (SSSR count). The van der Waals surface area contributed by atoms with E-state index in [2.05, 4.69) is 15.7 Å². The molecule has 4 aromatic rings. The molecule has 0 saturated heterocycles. The molecule has 2 fully saturated rings. The van der Waals surface area contributed by atoms with Crippen molar-refractivity contribution in [1.82, 2.24) is 29.9 Å². The molecule has 2 aliphatic rings. The number of carbonyl (C=O) groups excluding carboxylic acids is 2. The number of nitrogens with zero attached hydrogens (tertiary/aromatic N) is 5. The molecule has 9 heteroatoms. The van der Waals surface area contributed by atoms with Crippen LogP contribution in [0.1, 0.15) is 90.5 Å². The first-order chi connectivity index (χ1) is 17.9. The summed E-state index contributed by atoms with van der Waals surface area (Å²) in [7, 11) is 0. The molecule has 0 spiro atoms. The molecule has 2 aliphatic carbocycles. The lowest BCUT2D eigenvalue weighted by Gasteiger charge is -2.11. The van der Waals surface area contributed by atoms with Crippen LogP contribution in [-0.2, 0) is 6.54 Å². The Morgan fingerprint density at radius 2 is 1.76 bits per heavy atom. The van der Waals surface area contributed by atoms with E-state index in [1.807, 2.05) is 61.9 Å². The first kappa shape index (κ1) is 23.4. The summed E-state index contributed by atoms with van der Waals surface area (Å²) >= 11 is 0. The zero-order chi connectivity index (χ0) is 25.7. The molecule has 0 radical (unpaired) electrons. The van der Waals surface area contributed by atoms with Crippen molar-refractivity contribution >= 4 is 28.5 Å². The van der Waals surface area contributed by atoms with Gasteiger partial charge in [0.25, 0.3) is 11.8 Å². The van der Waals surface area contributed by atoms with E-state index in [0.29, 0.717) is 35.3 Å². The molecule has 9 nitrogen and oxygen atoms in total. The molecule has 0 atom stereocenters. The topological polar surface area (TPSA) is 107 Å². The van der Waals surface area contributed by atoms with Gasteiger partial charge in [0.15, 0.2) is 11.3 Å². The van der Waals surface area contributed by atoms with Gasteiger partial charge in [-0.1, -0.05) is 18.2 Å². The van der Waals surface area contributed by atoms with E-state index in [0.717, 1.165) is 48.1 Å². The van der Waals surface area contributed by atoms with Gasteiger partial charge in [-0.15, -0.1) is 0 Å². The number of carbonyl (C=O) groups is 2. The SMILES string of the molecule is CCn1cc(NC(=O)c2cc(C3CC3)nc3c2c(C2CC2)nn3-c2ccccc2)c(C(=O)NC(C)C)n1. The summed E-state index contributed by atoms with van der Waals surface area (Å²) in [5.41, 5.74) is 4.62. The van der Waals surface area contributed by atoms with Gasteiger partial charge >= 0.3 is 0 Å². The van der Waals surface area contributed by atoms with Crippen LogP contribution in [0.3, 0.4) is 0 Å². The van der Waals surface area contributed by atoms with E-state index in [4.69, 9.17) is 10.1 Å². The Morgan fingerprint density at radius 3 is 2.41 bits per heavy atom. The number of amides is 2. The Balaban J connectivity index is 1.47. The molecular weight excluding hydrogens is 466 g/mol. The second-order valence-corrected chi connectivity index (χ2v) is 10.3. The van der Waals surface area contributed by atoms with E-state index in [1.54, 1.807) is 10.9 Å². The molecule has 0 aliphatic heterocycles. The van der Waals surface area contributed by atoms with E-state index in [9.17, 15) is 9.59 Å². The summed E-state index contributed by atoms with van der Waals surface area (Å²) < 4.78 is 3.54. The number of para-hydroxylation sites is 1. The third-order valence-electron chi connectivity index (χ3n) is 6.86. The van der Waals surface area contributed by atoms with Gasteiger partial charge in [-0.25, -0.2) is 9.67 Å². The quantitative estimate of drug-likeness (QED) is 0.364. The summed E-state index contributed by atoms with van der Waals surface area (Å²) in [6, 6.07) is 11.8. The van der Waals surface area contributed by atoms with Gasteiger partial charge in [0.2, 0.25) is 0 Å². The average molecular weight is 498 g/mol. The monoisotopic (exact) mass is 497 g/mol. The number of hydrogen-bond acceptors (Lipinski definition) is 5. The lowest BCUT2D eigenvalue weighted by Crippen LogP contribution is -2.31. The first-order valence-corrected chi connectivity index (χ1v) is 13.1. The Hall–Kier alpha value is -4.01. The summed E-state index contributed by atoms with van der Waals surface area (Å²) in [6.07, 6.45) is 5.95. The highest BCUT2D eigenvalue weighted by Gasteiger charge is 2.35. The fourth-order valence-electron chi connectivity index (χ4n) is 4.68. The predicted octanol–water partition coefficient (Wildman–Crippen LogP) is 4.78. The van der Waals surface area contributed by atoms with Crippen LogP contribution in [0, 0.1) is 0 Å². The number of benzene rings is 1. The van der Waals surface area contributed by atoms with Crippen molar-refractivity contribution in [3.05, 3.63) is 65.2 Å². The molecule has 3 heterocycles. The molecule has 37 heavy (non-hydrogen) atoms. The second-order valence-electron chi connectivity index (χ2n) is 10.3. The standard InChI is InChI=1S/C28H31N7O2/c1-4-34-15-22(25(32-34)28(37)29-16(2)3)31-27(36)20-14-21(17-10-11-17)30-26-23(20)24(18-12-13-18)33-35(26)19-8-6-5-7-9-19/h5-9,14-18H,4,10-13H2,1-3H3,(H,29,37)(H,31,36). The number of pyridine rings is 1. The molecule has 0 bridgehead atoms. The van der Waals surface area contributed by atoms with Crippen molar-refractivity contribution in [3.63, 3.8) is 0 Å². The van der Waals surface area contributed by atoms with E-state index in [-0.39, 0.29) is 23.6 Å². The number of aromatic nitrogens is 5. The number of hydrogen-bond donors (Lipinski definition) is 2. The van der Waals surface area contributed by atoms with Crippen LogP contribution in [0.25, 0.3) is 16.7 Å². The normalized spacial score (nSPS) is 15.4. The summed E-state index contributed by atoms with van der Waals surface area (Å²) in [4.78, 5) is 31.8.